The van der Waals surface area contributed by atoms with Gasteiger partial charge in [-0.25, -0.2) is 4.79 Å². The Bertz CT molecular complexity index is 424. The smallest absolute Gasteiger partial charge is 0.335 e. The normalized spacial score (nSPS) is 14.5. The molecule has 0 saturated carbocycles. The first-order chi connectivity index (χ1) is 7.34. The van der Waals surface area contributed by atoms with E-state index in [1.807, 2.05) is 0 Å². The second-order valence-electron chi connectivity index (χ2n) is 3.12. The van der Waals surface area contributed by atoms with Gasteiger partial charge in [-0.1, -0.05) is 15.9 Å². The number of hydrogen-bond donors (Lipinski definition) is 4. The van der Waals surface area contributed by atoms with Gasteiger partial charge in [0.2, 0.25) is 0 Å². The standard InChI is InChI=1S/C9H9Br2NO4/c10-3-1-4(6(12)5(11)2-3)7(13)8(14)9(15)16/h1-2,7-8,13-14H,12H2,(H,15,16). The van der Waals surface area contributed by atoms with Gasteiger partial charge >= 0.3 is 5.97 Å². The molecule has 1 aromatic carbocycles. The first kappa shape index (κ1) is 13.4. The maximum atomic E-state index is 10.5. The minimum absolute atomic E-state index is 0.149. The first-order valence-corrected chi connectivity index (χ1v) is 5.76. The van der Waals surface area contributed by atoms with Crippen molar-refractivity contribution in [3.63, 3.8) is 0 Å². The predicted octanol–water partition coefficient (Wildman–Crippen LogP) is 1.27. The van der Waals surface area contributed by atoms with Crippen LogP contribution in [0.3, 0.4) is 0 Å². The molecule has 1 aromatic rings. The third kappa shape index (κ3) is 2.73. The lowest BCUT2D eigenvalue weighted by molar-refractivity contribution is -0.153. The molecule has 88 valence electrons. The Labute approximate surface area is 108 Å². The summed E-state index contributed by atoms with van der Waals surface area (Å²) in [6.07, 6.45) is -3.49. The molecule has 5 nitrogen and oxygen atoms in total. The molecule has 0 heterocycles. The number of nitrogens with two attached hydrogens (primary N) is 1. The van der Waals surface area contributed by atoms with E-state index in [1.165, 1.54) is 6.07 Å². The van der Waals surface area contributed by atoms with E-state index in [9.17, 15) is 15.0 Å². The molecule has 0 aromatic heterocycles. The molecule has 2 atom stereocenters. The lowest BCUT2D eigenvalue weighted by atomic mass is 10.0. The predicted molar refractivity (Wildman–Crippen MR) is 64.9 cm³/mol. The van der Waals surface area contributed by atoms with Crippen LogP contribution in [0.4, 0.5) is 5.69 Å². The lowest BCUT2D eigenvalue weighted by Crippen LogP contribution is -2.28. The Morgan fingerprint density at radius 3 is 2.38 bits per heavy atom. The summed E-state index contributed by atoms with van der Waals surface area (Å²) in [5, 5.41) is 27.4. The first-order valence-electron chi connectivity index (χ1n) is 4.18. The molecular weight excluding hydrogens is 346 g/mol. The molecule has 1 rings (SSSR count). The lowest BCUT2D eigenvalue weighted by Gasteiger charge is -2.17. The second-order valence-corrected chi connectivity index (χ2v) is 4.89. The van der Waals surface area contributed by atoms with E-state index < -0.39 is 18.2 Å². The van der Waals surface area contributed by atoms with Gasteiger partial charge in [0.05, 0.1) is 5.69 Å². The number of rotatable bonds is 3. The van der Waals surface area contributed by atoms with Gasteiger partial charge in [-0.3, -0.25) is 0 Å². The maximum Gasteiger partial charge on any atom is 0.335 e. The quantitative estimate of drug-likeness (QED) is 0.612. The van der Waals surface area contributed by atoms with Crippen LogP contribution >= 0.6 is 31.9 Å². The van der Waals surface area contributed by atoms with E-state index in [-0.39, 0.29) is 11.3 Å². The maximum absolute atomic E-state index is 10.5. The van der Waals surface area contributed by atoms with Gasteiger partial charge in [0, 0.05) is 14.5 Å². The van der Waals surface area contributed by atoms with Crippen molar-refractivity contribution in [3.05, 3.63) is 26.6 Å². The molecule has 7 heteroatoms. The van der Waals surface area contributed by atoms with Crippen molar-refractivity contribution < 1.29 is 20.1 Å². The summed E-state index contributed by atoms with van der Waals surface area (Å²) in [6, 6.07) is 3.11. The second kappa shape index (κ2) is 5.13. The molecule has 0 radical (unpaired) electrons. The number of hydrogen-bond acceptors (Lipinski definition) is 4. The number of carbonyl (C=O) groups is 1. The largest absolute Gasteiger partial charge is 0.479 e. The summed E-state index contributed by atoms with van der Waals surface area (Å²) in [5.41, 5.74) is 6.00. The molecule has 5 N–H and O–H groups in total. The van der Waals surface area contributed by atoms with Crippen molar-refractivity contribution in [2.45, 2.75) is 12.2 Å². The van der Waals surface area contributed by atoms with Gasteiger partial charge in [-0.2, -0.15) is 0 Å². The Kier molecular flexibility index (Phi) is 4.31. The van der Waals surface area contributed by atoms with Crippen LogP contribution in [0, 0.1) is 0 Å². The number of benzene rings is 1. The van der Waals surface area contributed by atoms with Crippen LogP contribution in [0.25, 0.3) is 0 Å². The number of aliphatic carboxylic acids is 1. The molecule has 0 aliphatic rings. The highest BCUT2D eigenvalue weighted by atomic mass is 79.9. The van der Waals surface area contributed by atoms with Crippen molar-refractivity contribution >= 4 is 43.5 Å². The van der Waals surface area contributed by atoms with Gasteiger partial charge in [0.25, 0.3) is 0 Å². The van der Waals surface area contributed by atoms with Crippen molar-refractivity contribution in [2.24, 2.45) is 0 Å². The Morgan fingerprint density at radius 1 is 1.31 bits per heavy atom. The number of nitrogen functional groups attached to an aromatic ring is 1. The molecule has 0 aliphatic carbocycles. The zero-order valence-corrected chi connectivity index (χ0v) is 11.1. The number of carboxylic acids is 1. The SMILES string of the molecule is Nc1c(Br)cc(Br)cc1C(O)C(O)C(=O)O. The summed E-state index contributed by atoms with van der Waals surface area (Å²) in [7, 11) is 0. The van der Waals surface area contributed by atoms with E-state index in [0.717, 1.165) is 0 Å². The number of aliphatic hydroxyl groups is 2. The minimum Gasteiger partial charge on any atom is -0.479 e. The van der Waals surface area contributed by atoms with Gasteiger partial charge in [-0.15, -0.1) is 0 Å². The fourth-order valence-corrected chi connectivity index (χ4v) is 2.41. The van der Waals surface area contributed by atoms with E-state index in [0.29, 0.717) is 8.95 Å². The van der Waals surface area contributed by atoms with Gasteiger partial charge in [0.15, 0.2) is 6.10 Å². The Hall–Kier alpha value is -0.630. The van der Waals surface area contributed by atoms with Crippen molar-refractivity contribution in [1.29, 1.82) is 0 Å². The van der Waals surface area contributed by atoms with Gasteiger partial charge < -0.3 is 21.1 Å². The third-order valence-electron chi connectivity index (χ3n) is 2.00. The van der Waals surface area contributed by atoms with E-state index in [2.05, 4.69) is 31.9 Å². The molecule has 0 fully saturated rings. The molecule has 0 saturated heterocycles. The zero-order valence-electron chi connectivity index (χ0n) is 7.89. The summed E-state index contributed by atoms with van der Waals surface area (Å²) in [4.78, 5) is 10.5. The van der Waals surface area contributed by atoms with Crippen molar-refractivity contribution in [1.82, 2.24) is 0 Å². The van der Waals surface area contributed by atoms with E-state index in [1.54, 1.807) is 6.07 Å². The Morgan fingerprint density at radius 2 is 1.88 bits per heavy atom. The molecule has 0 amide bonds. The highest BCUT2D eigenvalue weighted by Crippen LogP contribution is 2.33. The minimum atomic E-state index is -1.91. The van der Waals surface area contributed by atoms with Crippen LogP contribution < -0.4 is 5.73 Å². The molecule has 16 heavy (non-hydrogen) atoms. The monoisotopic (exact) mass is 353 g/mol. The van der Waals surface area contributed by atoms with Gasteiger partial charge in [0.1, 0.15) is 6.10 Å². The molecular formula is C9H9Br2NO4. The van der Waals surface area contributed by atoms with Crippen LogP contribution in [0.15, 0.2) is 21.1 Å². The average molecular weight is 355 g/mol. The third-order valence-corrected chi connectivity index (χ3v) is 3.11. The van der Waals surface area contributed by atoms with E-state index >= 15 is 0 Å². The summed E-state index contributed by atoms with van der Waals surface area (Å²) >= 11 is 6.33. The van der Waals surface area contributed by atoms with Crippen LogP contribution in [0.2, 0.25) is 0 Å². The number of aliphatic hydroxyl groups excluding tert-OH is 2. The Balaban J connectivity index is 3.17. The number of halogens is 2. The number of carboxylic acid groups (broad SMARTS) is 1. The molecule has 0 spiro atoms. The fourth-order valence-electron chi connectivity index (χ4n) is 1.15. The average Bonchev–Trinajstić information content (AvgIpc) is 2.21. The number of anilines is 1. The van der Waals surface area contributed by atoms with Crippen LogP contribution in [0.5, 0.6) is 0 Å². The van der Waals surface area contributed by atoms with Crippen molar-refractivity contribution in [3.8, 4) is 0 Å². The molecule has 0 bridgehead atoms. The highest BCUT2D eigenvalue weighted by Gasteiger charge is 2.27. The topological polar surface area (TPSA) is 104 Å². The van der Waals surface area contributed by atoms with E-state index in [4.69, 9.17) is 10.8 Å². The fraction of sp³-hybridized carbons (Fsp3) is 0.222. The summed E-state index contributed by atoms with van der Waals surface area (Å²) < 4.78 is 1.12. The molecule has 0 aliphatic heterocycles. The van der Waals surface area contributed by atoms with Crippen LogP contribution in [-0.4, -0.2) is 27.4 Å². The van der Waals surface area contributed by atoms with Crippen LogP contribution in [-0.2, 0) is 4.79 Å². The van der Waals surface area contributed by atoms with Crippen molar-refractivity contribution in [2.75, 3.05) is 5.73 Å². The highest BCUT2D eigenvalue weighted by molar-refractivity contribution is 9.11. The van der Waals surface area contributed by atoms with Crippen LogP contribution in [0.1, 0.15) is 11.7 Å². The summed E-state index contributed by atoms with van der Waals surface area (Å²) in [6.45, 7) is 0. The molecule has 2 unspecified atom stereocenters. The van der Waals surface area contributed by atoms with Gasteiger partial charge in [-0.05, 0) is 28.1 Å². The summed E-state index contributed by atoms with van der Waals surface area (Å²) in [5.74, 6) is -1.51. The zero-order chi connectivity index (χ0) is 12.5.